The van der Waals surface area contributed by atoms with Crippen molar-refractivity contribution in [3.05, 3.63) is 29.8 Å². The van der Waals surface area contributed by atoms with Crippen molar-refractivity contribution in [1.82, 2.24) is 0 Å². The molecule has 0 amide bonds. The lowest BCUT2D eigenvalue weighted by molar-refractivity contribution is -0.137. The lowest BCUT2D eigenvalue weighted by Crippen LogP contribution is -2.19. The van der Waals surface area contributed by atoms with Crippen molar-refractivity contribution in [3.8, 4) is 0 Å². The maximum atomic E-state index is 12.5. The van der Waals surface area contributed by atoms with Crippen molar-refractivity contribution >= 4 is 5.69 Å². The molecule has 0 unspecified atom stereocenters. The summed E-state index contributed by atoms with van der Waals surface area (Å²) in [4.78, 5) is 1.82. The third kappa shape index (κ3) is 4.56. The van der Waals surface area contributed by atoms with E-state index in [2.05, 4.69) is 0 Å². The molecule has 0 saturated carbocycles. The summed E-state index contributed by atoms with van der Waals surface area (Å²) in [6.07, 6.45) is -2.49. The summed E-state index contributed by atoms with van der Waals surface area (Å²) in [6, 6.07) is 5.38. The molecule has 0 aliphatic heterocycles. The Morgan fingerprint density at radius 2 is 1.94 bits per heavy atom. The molecule has 0 aromatic heterocycles. The zero-order valence-corrected chi connectivity index (χ0v) is 10.6. The van der Waals surface area contributed by atoms with Crippen LogP contribution in [0.25, 0.3) is 0 Å². The Kier molecular flexibility index (Phi) is 5.47. The molecule has 0 atom stereocenters. The third-order valence-electron chi connectivity index (χ3n) is 2.71. The summed E-state index contributed by atoms with van der Waals surface area (Å²) >= 11 is 0. The summed E-state index contributed by atoms with van der Waals surface area (Å²) in [6.45, 7) is 1.39. The van der Waals surface area contributed by atoms with Crippen LogP contribution in [0.15, 0.2) is 24.3 Å². The number of anilines is 1. The number of unbranched alkanes of at least 4 members (excludes halogenated alkanes) is 1. The average molecular weight is 261 g/mol. The fourth-order valence-electron chi connectivity index (χ4n) is 1.64. The Labute approximate surface area is 105 Å². The van der Waals surface area contributed by atoms with Gasteiger partial charge in [0.15, 0.2) is 0 Å². The summed E-state index contributed by atoms with van der Waals surface area (Å²) < 4.78 is 42.6. The highest BCUT2D eigenvalue weighted by Crippen LogP contribution is 2.31. The molecule has 0 radical (unpaired) electrons. The van der Waals surface area contributed by atoms with E-state index in [1.807, 2.05) is 4.90 Å². The highest BCUT2D eigenvalue weighted by molar-refractivity contribution is 5.48. The number of ether oxygens (including phenoxy) is 1. The van der Waals surface area contributed by atoms with Gasteiger partial charge >= 0.3 is 6.18 Å². The first-order valence-corrected chi connectivity index (χ1v) is 5.82. The highest BCUT2D eigenvalue weighted by Gasteiger charge is 2.30. The van der Waals surface area contributed by atoms with Crippen molar-refractivity contribution in [3.63, 3.8) is 0 Å². The van der Waals surface area contributed by atoms with Gasteiger partial charge in [0, 0.05) is 33.0 Å². The minimum absolute atomic E-state index is 0.585. The van der Waals surface area contributed by atoms with Gasteiger partial charge in [0.2, 0.25) is 0 Å². The van der Waals surface area contributed by atoms with Gasteiger partial charge in [-0.1, -0.05) is 6.07 Å². The molecule has 0 heterocycles. The van der Waals surface area contributed by atoms with Crippen LogP contribution in [0.5, 0.6) is 0 Å². The molecule has 0 N–H and O–H groups in total. The van der Waals surface area contributed by atoms with Crippen LogP contribution in [-0.2, 0) is 10.9 Å². The van der Waals surface area contributed by atoms with Gasteiger partial charge in [0.05, 0.1) is 5.56 Å². The van der Waals surface area contributed by atoms with Crippen LogP contribution in [0, 0.1) is 0 Å². The Morgan fingerprint density at radius 3 is 2.56 bits per heavy atom. The van der Waals surface area contributed by atoms with E-state index in [4.69, 9.17) is 4.74 Å². The lowest BCUT2D eigenvalue weighted by Gasteiger charge is -2.20. The van der Waals surface area contributed by atoms with Gasteiger partial charge in [-0.15, -0.1) is 0 Å². The lowest BCUT2D eigenvalue weighted by atomic mass is 10.2. The van der Waals surface area contributed by atoms with Crippen LogP contribution in [0.1, 0.15) is 18.4 Å². The van der Waals surface area contributed by atoms with Gasteiger partial charge in [-0.25, -0.2) is 0 Å². The van der Waals surface area contributed by atoms with Crippen molar-refractivity contribution in [2.24, 2.45) is 0 Å². The normalized spacial score (nSPS) is 11.6. The molecule has 1 aromatic carbocycles. The smallest absolute Gasteiger partial charge is 0.385 e. The van der Waals surface area contributed by atoms with E-state index in [0.29, 0.717) is 18.8 Å². The van der Waals surface area contributed by atoms with Crippen LogP contribution < -0.4 is 4.90 Å². The number of methoxy groups -OCH3 is 1. The van der Waals surface area contributed by atoms with E-state index in [0.717, 1.165) is 18.9 Å². The van der Waals surface area contributed by atoms with Crippen LogP contribution >= 0.6 is 0 Å². The third-order valence-corrected chi connectivity index (χ3v) is 2.71. The van der Waals surface area contributed by atoms with E-state index in [1.54, 1.807) is 20.2 Å². The molecular formula is C13H18F3NO. The first-order valence-electron chi connectivity index (χ1n) is 5.82. The Hall–Kier alpha value is -1.23. The van der Waals surface area contributed by atoms with Gasteiger partial charge in [0.1, 0.15) is 0 Å². The standard InChI is InChI=1S/C13H18F3NO/c1-17(8-3-4-9-18-2)12-7-5-6-11(10-12)13(14,15)16/h5-7,10H,3-4,8-9H2,1-2H3. The molecule has 0 spiro atoms. The quantitative estimate of drug-likeness (QED) is 0.726. The zero-order valence-electron chi connectivity index (χ0n) is 10.6. The molecule has 5 heteroatoms. The number of hydrogen-bond acceptors (Lipinski definition) is 2. The number of hydrogen-bond donors (Lipinski definition) is 0. The number of rotatable bonds is 6. The summed E-state index contributed by atoms with van der Waals surface area (Å²) in [5.74, 6) is 0. The van der Waals surface area contributed by atoms with Crippen LogP contribution in [0.4, 0.5) is 18.9 Å². The second-order valence-electron chi connectivity index (χ2n) is 4.17. The maximum absolute atomic E-state index is 12.5. The van der Waals surface area contributed by atoms with E-state index < -0.39 is 11.7 Å². The van der Waals surface area contributed by atoms with Gasteiger partial charge in [0.25, 0.3) is 0 Å². The van der Waals surface area contributed by atoms with Gasteiger partial charge in [-0.2, -0.15) is 13.2 Å². The summed E-state index contributed by atoms with van der Waals surface area (Å²) in [5, 5.41) is 0. The van der Waals surface area contributed by atoms with Gasteiger partial charge < -0.3 is 9.64 Å². The number of halogens is 3. The Balaban J connectivity index is 2.60. The second kappa shape index (κ2) is 6.64. The van der Waals surface area contributed by atoms with E-state index in [9.17, 15) is 13.2 Å². The first-order chi connectivity index (χ1) is 8.45. The average Bonchev–Trinajstić information content (AvgIpc) is 2.33. The molecule has 102 valence electrons. The molecule has 0 bridgehead atoms. The van der Waals surface area contributed by atoms with E-state index in [1.165, 1.54) is 12.1 Å². The van der Waals surface area contributed by atoms with Crippen molar-refractivity contribution in [1.29, 1.82) is 0 Å². The first kappa shape index (κ1) is 14.8. The fraction of sp³-hybridized carbons (Fsp3) is 0.538. The SMILES string of the molecule is COCCCCN(C)c1cccc(C(F)(F)F)c1. The maximum Gasteiger partial charge on any atom is 0.416 e. The summed E-state index contributed by atoms with van der Waals surface area (Å²) in [7, 11) is 3.43. The monoisotopic (exact) mass is 261 g/mol. The van der Waals surface area contributed by atoms with Crippen LogP contribution in [0.3, 0.4) is 0 Å². The molecule has 0 fully saturated rings. The van der Waals surface area contributed by atoms with Crippen molar-refractivity contribution < 1.29 is 17.9 Å². The largest absolute Gasteiger partial charge is 0.416 e. The predicted molar refractivity (Wildman–Crippen MR) is 65.8 cm³/mol. The highest BCUT2D eigenvalue weighted by atomic mass is 19.4. The molecule has 0 aliphatic rings. The van der Waals surface area contributed by atoms with Crippen LogP contribution in [0.2, 0.25) is 0 Å². The zero-order chi connectivity index (χ0) is 13.6. The minimum Gasteiger partial charge on any atom is -0.385 e. The number of nitrogens with zero attached hydrogens (tertiary/aromatic N) is 1. The van der Waals surface area contributed by atoms with Crippen LogP contribution in [-0.4, -0.2) is 27.3 Å². The molecule has 0 aliphatic carbocycles. The predicted octanol–water partition coefficient (Wildman–Crippen LogP) is 3.57. The van der Waals surface area contributed by atoms with Crippen molar-refractivity contribution in [2.45, 2.75) is 19.0 Å². The molecule has 1 rings (SSSR count). The molecule has 0 saturated heterocycles. The van der Waals surface area contributed by atoms with E-state index >= 15 is 0 Å². The summed E-state index contributed by atoms with van der Waals surface area (Å²) in [5.41, 5.74) is -0.0222. The van der Waals surface area contributed by atoms with Gasteiger partial charge in [-0.05, 0) is 31.0 Å². The van der Waals surface area contributed by atoms with E-state index in [-0.39, 0.29) is 0 Å². The van der Waals surface area contributed by atoms with Crippen molar-refractivity contribution in [2.75, 3.05) is 32.2 Å². The molecule has 1 aromatic rings. The fourth-order valence-corrected chi connectivity index (χ4v) is 1.64. The number of alkyl halides is 3. The molecule has 18 heavy (non-hydrogen) atoms. The number of benzene rings is 1. The van der Waals surface area contributed by atoms with Gasteiger partial charge in [-0.3, -0.25) is 0 Å². The minimum atomic E-state index is -4.28. The topological polar surface area (TPSA) is 12.5 Å². The second-order valence-corrected chi connectivity index (χ2v) is 4.17. The Bertz CT molecular complexity index is 365. The molecular weight excluding hydrogens is 243 g/mol. The molecule has 2 nitrogen and oxygen atoms in total. The Morgan fingerprint density at radius 1 is 1.22 bits per heavy atom.